The maximum atomic E-state index is 13.7. The van der Waals surface area contributed by atoms with Crippen molar-refractivity contribution in [2.24, 2.45) is 23.7 Å². The third-order valence-electron chi connectivity index (χ3n) is 7.82. The number of nitrogens with one attached hydrogen (secondary N) is 3. The standard InChI is InChI=1S/C36H67N5O4S4/c1-23(2)19-40(20-24(3)4)33(44)29-27(46-35(9,10)48-29)31(42)38-17-13-15-37-16-14-18-39-32(43)28-30(49-36(11,12)47-28)34(45)41(21-25(5)6)22-26(7)8/h23-30,37H,13-22H2,1-12H3,(H,38,42)(H,39,43). The minimum Gasteiger partial charge on any atom is -0.355 e. The van der Waals surface area contributed by atoms with Crippen molar-refractivity contribution in [3.63, 3.8) is 0 Å². The Balaban J connectivity index is 1.77. The Morgan fingerprint density at radius 1 is 0.510 bits per heavy atom. The first-order valence-electron chi connectivity index (χ1n) is 18.3. The lowest BCUT2D eigenvalue weighted by molar-refractivity contribution is -0.133. The van der Waals surface area contributed by atoms with Gasteiger partial charge in [0.15, 0.2) is 0 Å². The highest BCUT2D eigenvalue weighted by Crippen LogP contribution is 2.53. The monoisotopic (exact) mass is 761 g/mol. The van der Waals surface area contributed by atoms with Crippen LogP contribution in [0.1, 0.15) is 95.9 Å². The molecule has 0 spiro atoms. The lowest BCUT2D eigenvalue weighted by atomic mass is 10.1. The number of rotatable bonds is 20. The van der Waals surface area contributed by atoms with Gasteiger partial charge in [-0.25, -0.2) is 0 Å². The number of amides is 4. The minimum atomic E-state index is -0.406. The second-order valence-corrected chi connectivity index (χ2v) is 23.6. The van der Waals surface area contributed by atoms with E-state index in [0.717, 1.165) is 25.9 Å². The molecule has 4 amide bonds. The van der Waals surface area contributed by atoms with E-state index in [2.05, 4.69) is 99.0 Å². The van der Waals surface area contributed by atoms with Gasteiger partial charge in [0.2, 0.25) is 23.6 Å². The Labute approximate surface area is 315 Å². The predicted molar refractivity (Wildman–Crippen MR) is 214 cm³/mol. The van der Waals surface area contributed by atoms with Gasteiger partial charge in [-0.15, -0.1) is 47.0 Å². The number of thioether (sulfide) groups is 4. The fourth-order valence-electron chi connectivity index (χ4n) is 6.08. The second-order valence-electron chi connectivity index (χ2n) is 16.1. The molecule has 284 valence electrons. The van der Waals surface area contributed by atoms with Crippen molar-refractivity contribution in [2.45, 2.75) is 125 Å². The molecule has 0 aromatic heterocycles. The van der Waals surface area contributed by atoms with Crippen molar-refractivity contribution >= 4 is 70.7 Å². The average molecular weight is 762 g/mol. The summed E-state index contributed by atoms with van der Waals surface area (Å²) in [5.74, 6) is 1.51. The van der Waals surface area contributed by atoms with E-state index in [-0.39, 0.29) is 42.3 Å². The summed E-state index contributed by atoms with van der Waals surface area (Å²) < 4.78 is -0.408. The molecule has 2 aliphatic rings. The van der Waals surface area contributed by atoms with Crippen molar-refractivity contribution in [1.29, 1.82) is 0 Å². The maximum Gasteiger partial charge on any atom is 0.237 e. The number of hydrogen-bond acceptors (Lipinski definition) is 9. The summed E-state index contributed by atoms with van der Waals surface area (Å²) in [4.78, 5) is 57.8. The molecule has 2 fully saturated rings. The minimum absolute atomic E-state index is 0.0578. The van der Waals surface area contributed by atoms with Crippen LogP contribution in [0, 0.1) is 23.7 Å². The highest BCUT2D eigenvalue weighted by atomic mass is 32.2. The number of carbonyl (C=O) groups is 4. The zero-order valence-electron chi connectivity index (χ0n) is 32.4. The van der Waals surface area contributed by atoms with Crippen molar-refractivity contribution in [3.05, 3.63) is 0 Å². The van der Waals surface area contributed by atoms with Crippen LogP contribution in [0.2, 0.25) is 0 Å². The fraction of sp³-hybridized carbons (Fsp3) is 0.889. The molecule has 2 rings (SSSR count). The summed E-state index contributed by atoms with van der Waals surface area (Å²) in [5.41, 5.74) is 0. The molecule has 4 atom stereocenters. The van der Waals surface area contributed by atoms with E-state index in [1.54, 1.807) is 47.0 Å². The van der Waals surface area contributed by atoms with Gasteiger partial charge in [-0.3, -0.25) is 19.2 Å². The third-order valence-corrected chi connectivity index (χ3v) is 14.5. The van der Waals surface area contributed by atoms with Gasteiger partial charge in [0, 0.05) is 39.3 Å². The molecule has 0 aromatic rings. The highest BCUT2D eigenvalue weighted by Gasteiger charge is 2.50. The molecule has 3 N–H and O–H groups in total. The number of nitrogens with zero attached hydrogens (tertiary/aromatic N) is 2. The van der Waals surface area contributed by atoms with Crippen LogP contribution >= 0.6 is 47.0 Å². The molecule has 0 bridgehead atoms. The van der Waals surface area contributed by atoms with Crippen LogP contribution in [-0.2, 0) is 19.2 Å². The van der Waals surface area contributed by atoms with Crippen molar-refractivity contribution in [3.8, 4) is 0 Å². The molecular weight excluding hydrogens is 695 g/mol. The average Bonchev–Trinajstić information content (AvgIpc) is 3.48. The Bertz CT molecular complexity index is 986. The first kappa shape index (κ1) is 44.4. The zero-order chi connectivity index (χ0) is 37.1. The van der Waals surface area contributed by atoms with Crippen LogP contribution in [0.3, 0.4) is 0 Å². The molecule has 2 saturated heterocycles. The second kappa shape index (κ2) is 20.5. The molecule has 0 saturated carbocycles. The summed E-state index contributed by atoms with van der Waals surface area (Å²) in [6.07, 6.45) is 1.55. The molecule has 0 aromatic carbocycles. The summed E-state index contributed by atoms with van der Waals surface area (Å²) in [7, 11) is 0. The van der Waals surface area contributed by atoms with Crippen LogP contribution < -0.4 is 16.0 Å². The topological polar surface area (TPSA) is 111 Å². The van der Waals surface area contributed by atoms with Crippen LogP contribution in [0.5, 0.6) is 0 Å². The van der Waals surface area contributed by atoms with E-state index >= 15 is 0 Å². The summed E-state index contributed by atoms with van der Waals surface area (Å²) in [5, 5.41) is 8.01. The van der Waals surface area contributed by atoms with E-state index in [1.807, 2.05) is 9.80 Å². The van der Waals surface area contributed by atoms with Crippen molar-refractivity contribution in [2.75, 3.05) is 52.4 Å². The van der Waals surface area contributed by atoms with E-state index in [1.165, 1.54) is 0 Å². The van der Waals surface area contributed by atoms with Crippen molar-refractivity contribution < 1.29 is 19.2 Å². The Morgan fingerprint density at radius 3 is 1.08 bits per heavy atom. The fourth-order valence-corrected chi connectivity index (χ4v) is 12.7. The molecule has 13 heteroatoms. The molecule has 4 unspecified atom stereocenters. The quantitative estimate of drug-likeness (QED) is 0.133. The van der Waals surface area contributed by atoms with Gasteiger partial charge < -0.3 is 25.8 Å². The van der Waals surface area contributed by atoms with Crippen LogP contribution in [0.25, 0.3) is 0 Å². The van der Waals surface area contributed by atoms with Crippen molar-refractivity contribution in [1.82, 2.24) is 25.8 Å². The van der Waals surface area contributed by atoms with Crippen LogP contribution in [0.4, 0.5) is 0 Å². The van der Waals surface area contributed by atoms with Gasteiger partial charge in [-0.2, -0.15) is 0 Å². The molecule has 49 heavy (non-hydrogen) atoms. The summed E-state index contributed by atoms with van der Waals surface area (Å²) in [6, 6.07) is 0. The smallest absolute Gasteiger partial charge is 0.237 e. The van der Waals surface area contributed by atoms with Crippen LogP contribution in [-0.4, -0.2) is 115 Å². The zero-order valence-corrected chi connectivity index (χ0v) is 35.6. The maximum absolute atomic E-state index is 13.7. The lowest BCUT2D eigenvalue weighted by Gasteiger charge is -2.30. The molecule has 9 nitrogen and oxygen atoms in total. The first-order valence-corrected chi connectivity index (χ1v) is 21.8. The Hall–Kier alpha value is -0.760. The van der Waals surface area contributed by atoms with E-state index < -0.39 is 10.5 Å². The van der Waals surface area contributed by atoms with E-state index in [0.29, 0.717) is 62.9 Å². The van der Waals surface area contributed by atoms with Gasteiger partial charge in [0.05, 0.1) is 8.16 Å². The predicted octanol–water partition coefficient (Wildman–Crippen LogP) is 5.78. The summed E-state index contributed by atoms with van der Waals surface area (Å²) in [6.45, 7) is 30.8. The lowest BCUT2D eigenvalue weighted by Crippen LogP contribution is -2.48. The first-order chi connectivity index (χ1) is 22.7. The van der Waals surface area contributed by atoms with Gasteiger partial charge in [-0.1, -0.05) is 55.4 Å². The van der Waals surface area contributed by atoms with Gasteiger partial charge in [-0.05, 0) is 77.3 Å². The highest BCUT2D eigenvalue weighted by molar-refractivity contribution is 8.23. The van der Waals surface area contributed by atoms with Gasteiger partial charge >= 0.3 is 0 Å². The van der Waals surface area contributed by atoms with E-state index in [9.17, 15) is 19.2 Å². The van der Waals surface area contributed by atoms with Gasteiger partial charge in [0.25, 0.3) is 0 Å². The van der Waals surface area contributed by atoms with E-state index in [4.69, 9.17) is 0 Å². The molecule has 2 heterocycles. The Kier molecular flexibility index (Phi) is 18.6. The number of carbonyl (C=O) groups excluding carboxylic acids is 4. The SMILES string of the molecule is CC(C)CN(CC(C)C)C(=O)C1SC(C)(C)SC1C(=O)NCCCNCCCNC(=O)C1SC(C)(C)SC1C(=O)N(CC(C)C)CC(C)C. The number of hydrogen-bond donors (Lipinski definition) is 3. The largest absolute Gasteiger partial charge is 0.355 e. The molecular formula is C36H67N5O4S4. The van der Waals surface area contributed by atoms with Gasteiger partial charge in [0.1, 0.15) is 21.0 Å². The molecule has 0 aliphatic carbocycles. The molecule has 0 radical (unpaired) electrons. The third kappa shape index (κ3) is 15.4. The molecule has 2 aliphatic heterocycles. The normalized spacial score (nSPS) is 23.0. The van der Waals surface area contributed by atoms with Crippen LogP contribution in [0.15, 0.2) is 0 Å². The Morgan fingerprint density at radius 2 is 0.796 bits per heavy atom. The summed E-state index contributed by atoms with van der Waals surface area (Å²) >= 11 is 6.41.